The first kappa shape index (κ1) is 20.8. The predicted molar refractivity (Wildman–Crippen MR) is 95.5 cm³/mol. The third-order valence-corrected chi connectivity index (χ3v) is 3.49. The topological polar surface area (TPSA) is 99.1 Å². The van der Waals surface area contributed by atoms with E-state index in [1.807, 2.05) is 6.07 Å². The molecule has 1 aromatic carbocycles. The predicted octanol–water partition coefficient (Wildman–Crippen LogP) is 1.17. The van der Waals surface area contributed by atoms with Crippen LogP contribution in [0.1, 0.15) is 12.0 Å². The Morgan fingerprint density at radius 2 is 1.76 bits per heavy atom. The second-order valence-electron chi connectivity index (χ2n) is 5.44. The maximum atomic E-state index is 9.10. The van der Waals surface area contributed by atoms with E-state index >= 15 is 0 Å². The fourth-order valence-corrected chi connectivity index (χ4v) is 2.20. The van der Waals surface area contributed by atoms with E-state index in [1.165, 1.54) is 18.5 Å². The highest BCUT2D eigenvalue weighted by atomic mass is 16.5. The second-order valence-corrected chi connectivity index (χ2v) is 5.44. The summed E-state index contributed by atoms with van der Waals surface area (Å²) >= 11 is 0. The molecule has 0 spiro atoms. The number of hydrogen-bond donors (Lipinski definition) is 3. The van der Waals surface area contributed by atoms with Gasteiger partial charge < -0.3 is 20.3 Å². The van der Waals surface area contributed by atoms with Crippen molar-refractivity contribution in [2.24, 2.45) is 0 Å². The van der Waals surface area contributed by atoms with Crippen LogP contribution < -0.4 is 5.32 Å². The van der Waals surface area contributed by atoms with Gasteiger partial charge in [-0.2, -0.15) is 0 Å². The third kappa shape index (κ3) is 11.0. The lowest BCUT2D eigenvalue weighted by molar-refractivity contribution is -0.159. The van der Waals surface area contributed by atoms with Gasteiger partial charge >= 0.3 is 11.9 Å². The van der Waals surface area contributed by atoms with Crippen molar-refractivity contribution in [3.05, 3.63) is 42.0 Å². The molecule has 0 amide bonds. The lowest BCUT2D eigenvalue weighted by Crippen LogP contribution is -2.37. The molecule has 7 heteroatoms. The molecule has 1 heterocycles. The fraction of sp³-hybridized carbons (Fsp3) is 0.444. The summed E-state index contributed by atoms with van der Waals surface area (Å²) in [7, 11) is 0. The number of carboxylic acid groups (broad SMARTS) is 2. The van der Waals surface area contributed by atoms with Crippen LogP contribution in [0.3, 0.4) is 0 Å². The summed E-state index contributed by atoms with van der Waals surface area (Å²) in [6.07, 6.45) is 5.55. The molecule has 1 aromatic rings. The number of nitrogens with zero attached hydrogens (tertiary/aromatic N) is 1. The Kier molecular flexibility index (Phi) is 10.9. The summed E-state index contributed by atoms with van der Waals surface area (Å²) < 4.78 is 5.33. The SMILES string of the molecule is C(=C\c1ccccc1)/CNCCCN1CCOCC1.O=C(O)C(=O)O. The van der Waals surface area contributed by atoms with Gasteiger partial charge in [-0.25, -0.2) is 9.59 Å². The summed E-state index contributed by atoms with van der Waals surface area (Å²) in [5, 5.41) is 18.2. The van der Waals surface area contributed by atoms with Crippen LogP contribution in [-0.4, -0.2) is 73.0 Å². The van der Waals surface area contributed by atoms with Crippen LogP contribution in [0.2, 0.25) is 0 Å². The average molecular weight is 350 g/mol. The molecule has 3 N–H and O–H groups in total. The Balaban J connectivity index is 0.000000450. The summed E-state index contributed by atoms with van der Waals surface area (Å²) in [5.41, 5.74) is 1.26. The molecular formula is C18H26N2O5. The van der Waals surface area contributed by atoms with Gasteiger partial charge in [0.2, 0.25) is 0 Å². The molecule has 0 saturated carbocycles. The Labute approximate surface area is 147 Å². The van der Waals surface area contributed by atoms with Crippen LogP contribution >= 0.6 is 0 Å². The van der Waals surface area contributed by atoms with Gasteiger partial charge in [0, 0.05) is 19.6 Å². The molecule has 1 saturated heterocycles. The van der Waals surface area contributed by atoms with Gasteiger partial charge in [0.15, 0.2) is 0 Å². The van der Waals surface area contributed by atoms with E-state index in [2.05, 4.69) is 46.6 Å². The normalized spacial score (nSPS) is 14.7. The largest absolute Gasteiger partial charge is 0.473 e. The number of aliphatic carboxylic acids is 2. The standard InChI is InChI=1S/C16H24N2O.C2H2O4/c1-2-6-16(7-3-1)8-4-9-17-10-5-11-18-12-14-19-15-13-18;3-1(4)2(5)6/h1-4,6-8,17H,5,9-15H2;(H,3,4)(H,5,6)/b8-4+;. The Morgan fingerprint density at radius 1 is 1.12 bits per heavy atom. The van der Waals surface area contributed by atoms with Crippen molar-refractivity contribution in [1.82, 2.24) is 10.2 Å². The minimum atomic E-state index is -1.82. The summed E-state index contributed by atoms with van der Waals surface area (Å²) in [5.74, 6) is -3.65. The number of rotatable bonds is 7. The number of carboxylic acids is 2. The number of nitrogens with one attached hydrogen (secondary N) is 1. The Hall–Kier alpha value is -2.22. The lowest BCUT2D eigenvalue weighted by Gasteiger charge is -2.26. The minimum absolute atomic E-state index is 0.896. The fourth-order valence-electron chi connectivity index (χ4n) is 2.20. The van der Waals surface area contributed by atoms with Crippen molar-refractivity contribution in [3.8, 4) is 0 Å². The van der Waals surface area contributed by atoms with Crippen LogP contribution in [-0.2, 0) is 14.3 Å². The summed E-state index contributed by atoms with van der Waals surface area (Å²) in [6.45, 7) is 7.18. The average Bonchev–Trinajstić information content (AvgIpc) is 2.63. The van der Waals surface area contributed by atoms with E-state index in [4.69, 9.17) is 24.5 Å². The molecule has 1 fully saturated rings. The zero-order chi connectivity index (χ0) is 18.3. The molecule has 0 unspecified atom stereocenters. The molecule has 7 nitrogen and oxygen atoms in total. The highest BCUT2D eigenvalue weighted by molar-refractivity contribution is 6.27. The Bertz CT molecular complexity index is 516. The quantitative estimate of drug-likeness (QED) is 0.501. The molecule has 138 valence electrons. The van der Waals surface area contributed by atoms with Crippen molar-refractivity contribution < 1.29 is 24.5 Å². The molecule has 0 atom stereocenters. The maximum Gasteiger partial charge on any atom is 0.414 e. The second kappa shape index (κ2) is 13.1. The third-order valence-electron chi connectivity index (χ3n) is 3.49. The van der Waals surface area contributed by atoms with Crippen molar-refractivity contribution >= 4 is 18.0 Å². The highest BCUT2D eigenvalue weighted by Crippen LogP contribution is 2.00. The number of benzene rings is 1. The van der Waals surface area contributed by atoms with E-state index in [0.29, 0.717) is 0 Å². The molecule has 1 aliphatic rings. The smallest absolute Gasteiger partial charge is 0.414 e. The minimum Gasteiger partial charge on any atom is -0.473 e. The van der Waals surface area contributed by atoms with Gasteiger partial charge in [0.25, 0.3) is 0 Å². The van der Waals surface area contributed by atoms with Gasteiger partial charge in [-0.3, -0.25) is 4.90 Å². The molecular weight excluding hydrogens is 324 g/mol. The first-order chi connectivity index (χ1) is 12.1. The number of hydrogen-bond acceptors (Lipinski definition) is 5. The van der Waals surface area contributed by atoms with Gasteiger partial charge in [-0.15, -0.1) is 0 Å². The molecule has 0 radical (unpaired) electrons. The molecule has 1 aliphatic heterocycles. The molecule has 2 rings (SSSR count). The van der Waals surface area contributed by atoms with Crippen LogP contribution in [0.5, 0.6) is 0 Å². The van der Waals surface area contributed by atoms with Crippen LogP contribution in [0.25, 0.3) is 6.08 Å². The van der Waals surface area contributed by atoms with Crippen molar-refractivity contribution in [2.45, 2.75) is 6.42 Å². The van der Waals surface area contributed by atoms with Crippen LogP contribution in [0.4, 0.5) is 0 Å². The number of ether oxygens (including phenoxy) is 1. The van der Waals surface area contributed by atoms with Gasteiger partial charge in [-0.1, -0.05) is 42.5 Å². The summed E-state index contributed by atoms with van der Waals surface area (Å²) in [4.78, 5) is 20.7. The molecule has 25 heavy (non-hydrogen) atoms. The van der Waals surface area contributed by atoms with Crippen LogP contribution in [0.15, 0.2) is 36.4 Å². The van der Waals surface area contributed by atoms with E-state index in [-0.39, 0.29) is 0 Å². The zero-order valence-corrected chi connectivity index (χ0v) is 14.3. The van der Waals surface area contributed by atoms with E-state index in [9.17, 15) is 0 Å². The lowest BCUT2D eigenvalue weighted by atomic mass is 10.2. The highest BCUT2D eigenvalue weighted by Gasteiger charge is 2.08. The van der Waals surface area contributed by atoms with E-state index in [0.717, 1.165) is 39.4 Å². The van der Waals surface area contributed by atoms with Crippen molar-refractivity contribution in [3.63, 3.8) is 0 Å². The van der Waals surface area contributed by atoms with Gasteiger partial charge in [-0.05, 0) is 25.1 Å². The van der Waals surface area contributed by atoms with Gasteiger partial charge in [0.1, 0.15) is 0 Å². The van der Waals surface area contributed by atoms with E-state index in [1.54, 1.807) is 0 Å². The first-order valence-corrected chi connectivity index (χ1v) is 8.28. The van der Waals surface area contributed by atoms with Crippen LogP contribution in [0, 0.1) is 0 Å². The molecule has 0 bridgehead atoms. The summed E-state index contributed by atoms with van der Waals surface area (Å²) in [6, 6.07) is 10.4. The molecule has 0 aromatic heterocycles. The number of carbonyl (C=O) groups is 2. The van der Waals surface area contributed by atoms with Gasteiger partial charge in [0.05, 0.1) is 13.2 Å². The van der Waals surface area contributed by atoms with Crippen molar-refractivity contribution in [2.75, 3.05) is 45.9 Å². The monoisotopic (exact) mass is 350 g/mol. The number of morpholine rings is 1. The zero-order valence-electron chi connectivity index (χ0n) is 14.3. The molecule has 0 aliphatic carbocycles. The maximum absolute atomic E-state index is 9.10. The van der Waals surface area contributed by atoms with E-state index < -0.39 is 11.9 Å². The first-order valence-electron chi connectivity index (χ1n) is 8.28. The van der Waals surface area contributed by atoms with Crippen molar-refractivity contribution in [1.29, 1.82) is 0 Å². The Morgan fingerprint density at radius 3 is 2.36 bits per heavy atom.